The molecule has 0 saturated carbocycles. The van der Waals surface area contributed by atoms with Crippen LogP contribution >= 0.6 is 11.6 Å². The van der Waals surface area contributed by atoms with E-state index in [1.54, 1.807) is 0 Å². The molecule has 0 aliphatic rings. The Kier molecular flexibility index (Phi) is 6.16. The lowest BCUT2D eigenvalue weighted by Gasteiger charge is -2.15. The van der Waals surface area contributed by atoms with Crippen molar-refractivity contribution in [2.45, 2.75) is 32.7 Å². The quantitative estimate of drug-likeness (QED) is 0.779. The SMILES string of the molecule is CC(N)C(C)C(=O)NCCCc1ccc(Cl)cc1. The first kappa shape index (κ1) is 15.0. The van der Waals surface area contributed by atoms with E-state index >= 15 is 0 Å². The van der Waals surface area contributed by atoms with Crippen LogP contribution in [0.3, 0.4) is 0 Å². The summed E-state index contributed by atoms with van der Waals surface area (Å²) in [6.07, 6.45) is 1.85. The fraction of sp³-hybridized carbons (Fsp3) is 0.500. The molecule has 0 fully saturated rings. The van der Waals surface area contributed by atoms with E-state index in [0.29, 0.717) is 6.54 Å². The molecule has 3 N–H and O–H groups in total. The molecule has 2 unspecified atom stereocenters. The molecule has 0 saturated heterocycles. The van der Waals surface area contributed by atoms with Crippen LogP contribution in [0.1, 0.15) is 25.8 Å². The maximum absolute atomic E-state index is 11.6. The molecule has 0 aliphatic heterocycles. The minimum absolute atomic E-state index is 0.0288. The molecule has 0 spiro atoms. The second-order valence-electron chi connectivity index (χ2n) is 4.67. The van der Waals surface area contributed by atoms with Crippen molar-refractivity contribution in [2.24, 2.45) is 11.7 Å². The number of halogens is 1. The number of benzene rings is 1. The lowest BCUT2D eigenvalue weighted by molar-refractivity contribution is -0.124. The van der Waals surface area contributed by atoms with Gasteiger partial charge in [-0.05, 0) is 37.5 Å². The van der Waals surface area contributed by atoms with E-state index < -0.39 is 0 Å². The zero-order valence-corrected chi connectivity index (χ0v) is 11.7. The number of hydrogen-bond acceptors (Lipinski definition) is 2. The van der Waals surface area contributed by atoms with Gasteiger partial charge in [-0.2, -0.15) is 0 Å². The van der Waals surface area contributed by atoms with Crippen LogP contribution < -0.4 is 11.1 Å². The molecule has 0 aromatic heterocycles. The number of rotatable bonds is 6. The first-order valence-electron chi connectivity index (χ1n) is 6.28. The summed E-state index contributed by atoms with van der Waals surface area (Å²) in [5.41, 5.74) is 6.90. The molecule has 3 nitrogen and oxygen atoms in total. The van der Waals surface area contributed by atoms with Crippen molar-refractivity contribution >= 4 is 17.5 Å². The predicted octanol–water partition coefficient (Wildman–Crippen LogP) is 2.37. The summed E-state index contributed by atoms with van der Waals surface area (Å²) in [7, 11) is 0. The Bertz CT molecular complexity index is 376. The Morgan fingerprint density at radius 1 is 1.33 bits per heavy atom. The van der Waals surface area contributed by atoms with Crippen LogP contribution in [-0.4, -0.2) is 18.5 Å². The fourth-order valence-electron chi connectivity index (χ4n) is 1.55. The number of carbonyl (C=O) groups is 1. The molecule has 18 heavy (non-hydrogen) atoms. The molecule has 0 bridgehead atoms. The number of nitrogens with one attached hydrogen (secondary N) is 1. The molecular weight excluding hydrogens is 248 g/mol. The van der Waals surface area contributed by atoms with Gasteiger partial charge in [0, 0.05) is 23.5 Å². The molecule has 1 rings (SSSR count). The Hall–Kier alpha value is -1.06. The summed E-state index contributed by atoms with van der Waals surface area (Å²) >= 11 is 5.81. The molecule has 1 amide bonds. The van der Waals surface area contributed by atoms with E-state index in [1.807, 2.05) is 38.1 Å². The molecule has 0 heterocycles. The van der Waals surface area contributed by atoms with E-state index in [1.165, 1.54) is 5.56 Å². The van der Waals surface area contributed by atoms with Crippen molar-refractivity contribution in [3.63, 3.8) is 0 Å². The van der Waals surface area contributed by atoms with Gasteiger partial charge in [-0.15, -0.1) is 0 Å². The van der Waals surface area contributed by atoms with Gasteiger partial charge in [0.25, 0.3) is 0 Å². The van der Waals surface area contributed by atoms with Crippen LogP contribution in [0.4, 0.5) is 0 Å². The van der Waals surface area contributed by atoms with E-state index in [0.717, 1.165) is 17.9 Å². The van der Waals surface area contributed by atoms with Crippen molar-refractivity contribution < 1.29 is 4.79 Å². The second-order valence-corrected chi connectivity index (χ2v) is 5.11. The van der Waals surface area contributed by atoms with Crippen molar-refractivity contribution in [1.29, 1.82) is 0 Å². The number of aryl methyl sites for hydroxylation is 1. The maximum Gasteiger partial charge on any atom is 0.224 e. The van der Waals surface area contributed by atoms with Gasteiger partial charge in [0.2, 0.25) is 5.91 Å². The fourth-order valence-corrected chi connectivity index (χ4v) is 1.68. The van der Waals surface area contributed by atoms with Crippen molar-refractivity contribution in [1.82, 2.24) is 5.32 Å². The topological polar surface area (TPSA) is 55.1 Å². The van der Waals surface area contributed by atoms with Crippen LogP contribution in [0.25, 0.3) is 0 Å². The Balaban J connectivity index is 2.23. The molecule has 0 radical (unpaired) electrons. The average Bonchev–Trinajstić information content (AvgIpc) is 2.35. The highest BCUT2D eigenvalue weighted by atomic mass is 35.5. The first-order chi connectivity index (χ1) is 8.50. The first-order valence-corrected chi connectivity index (χ1v) is 6.66. The average molecular weight is 269 g/mol. The van der Waals surface area contributed by atoms with Crippen LogP contribution in [-0.2, 0) is 11.2 Å². The summed E-state index contributed by atoms with van der Waals surface area (Å²) in [4.78, 5) is 11.6. The highest BCUT2D eigenvalue weighted by molar-refractivity contribution is 6.30. The standard InChI is InChI=1S/C14H21ClN2O/c1-10(11(2)16)14(18)17-9-3-4-12-5-7-13(15)8-6-12/h5-8,10-11H,3-4,9,16H2,1-2H3,(H,17,18). The summed E-state index contributed by atoms with van der Waals surface area (Å²) in [5.74, 6) is -0.110. The highest BCUT2D eigenvalue weighted by Gasteiger charge is 2.15. The largest absolute Gasteiger partial charge is 0.356 e. The van der Waals surface area contributed by atoms with E-state index in [4.69, 9.17) is 17.3 Å². The van der Waals surface area contributed by atoms with Gasteiger partial charge in [0.05, 0.1) is 0 Å². The number of carbonyl (C=O) groups excluding carboxylic acids is 1. The van der Waals surface area contributed by atoms with Gasteiger partial charge in [-0.25, -0.2) is 0 Å². The third-order valence-corrected chi connectivity index (χ3v) is 3.31. The predicted molar refractivity (Wildman–Crippen MR) is 75.6 cm³/mol. The second kappa shape index (κ2) is 7.39. The molecule has 1 aromatic carbocycles. The Labute approximate surface area is 114 Å². The van der Waals surface area contributed by atoms with Gasteiger partial charge in [0.15, 0.2) is 0 Å². The molecule has 2 atom stereocenters. The maximum atomic E-state index is 11.6. The number of amides is 1. The highest BCUT2D eigenvalue weighted by Crippen LogP contribution is 2.10. The van der Waals surface area contributed by atoms with Crippen molar-refractivity contribution in [2.75, 3.05) is 6.54 Å². The Morgan fingerprint density at radius 2 is 1.94 bits per heavy atom. The summed E-state index contributed by atoms with van der Waals surface area (Å²) in [5, 5.41) is 3.65. The minimum Gasteiger partial charge on any atom is -0.356 e. The molecule has 4 heteroatoms. The van der Waals surface area contributed by atoms with Gasteiger partial charge >= 0.3 is 0 Å². The molecule has 1 aromatic rings. The molecule has 100 valence electrons. The van der Waals surface area contributed by atoms with Gasteiger partial charge < -0.3 is 11.1 Å². The monoisotopic (exact) mass is 268 g/mol. The van der Waals surface area contributed by atoms with Crippen molar-refractivity contribution in [3.05, 3.63) is 34.9 Å². The van der Waals surface area contributed by atoms with Crippen LogP contribution in [0, 0.1) is 5.92 Å². The van der Waals surface area contributed by atoms with Gasteiger partial charge in [-0.1, -0.05) is 30.7 Å². The van der Waals surface area contributed by atoms with Crippen LogP contribution in [0.15, 0.2) is 24.3 Å². The Morgan fingerprint density at radius 3 is 2.50 bits per heavy atom. The minimum atomic E-state index is -0.138. The van der Waals surface area contributed by atoms with Gasteiger partial charge in [0.1, 0.15) is 0 Å². The molecule has 0 aliphatic carbocycles. The number of nitrogens with two attached hydrogens (primary N) is 1. The molecular formula is C14H21ClN2O. The van der Waals surface area contributed by atoms with E-state index in [9.17, 15) is 4.79 Å². The lowest BCUT2D eigenvalue weighted by Crippen LogP contribution is -2.39. The van der Waals surface area contributed by atoms with Crippen molar-refractivity contribution in [3.8, 4) is 0 Å². The van der Waals surface area contributed by atoms with E-state index in [-0.39, 0.29) is 17.9 Å². The smallest absolute Gasteiger partial charge is 0.224 e. The summed E-state index contributed by atoms with van der Waals surface area (Å²) < 4.78 is 0. The third-order valence-electron chi connectivity index (χ3n) is 3.06. The van der Waals surface area contributed by atoms with E-state index in [2.05, 4.69) is 5.32 Å². The van der Waals surface area contributed by atoms with Gasteiger partial charge in [-0.3, -0.25) is 4.79 Å². The number of hydrogen-bond donors (Lipinski definition) is 2. The zero-order valence-electron chi connectivity index (χ0n) is 10.9. The normalized spacial score (nSPS) is 14.0. The summed E-state index contributed by atoms with van der Waals surface area (Å²) in [6.45, 7) is 4.37. The lowest BCUT2D eigenvalue weighted by atomic mass is 10.0. The van der Waals surface area contributed by atoms with Crippen LogP contribution in [0.5, 0.6) is 0 Å². The van der Waals surface area contributed by atoms with Crippen LogP contribution in [0.2, 0.25) is 5.02 Å². The zero-order chi connectivity index (χ0) is 13.5. The summed E-state index contributed by atoms with van der Waals surface area (Å²) in [6, 6.07) is 7.67. The third kappa shape index (κ3) is 5.07.